The number of halogens is 1. The van der Waals surface area contributed by atoms with Gasteiger partial charge in [-0.05, 0) is 106 Å². The third-order valence-electron chi connectivity index (χ3n) is 9.78. The molecule has 0 bridgehead atoms. The van der Waals surface area contributed by atoms with Gasteiger partial charge in [-0.25, -0.2) is 13.7 Å². The topological polar surface area (TPSA) is 100 Å². The average molecular weight is 573 g/mol. The van der Waals surface area contributed by atoms with Gasteiger partial charge in [-0.1, -0.05) is 0 Å². The van der Waals surface area contributed by atoms with Crippen LogP contribution in [0.3, 0.4) is 0 Å². The smallest absolute Gasteiger partial charge is 0.337 e. The van der Waals surface area contributed by atoms with Crippen LogP contribution in [0.1, 0.15) is 78.8 Å². The summed E-state index contributed by atoms with van der Waals surface area (Å²) in [5, 5.41) is 25.0. The third-order valence-corrected chi connectivity index (χ3v) is 9.78. The van der Waals surface area contributed by atoms with E-state index in [0.717, 1.165) is 71.2 Å². The van der Waals surface area contributed by atoms with Crippen LogP contribution in [0, 0.1) is 24.6 Å². The SMILES string of the molecule is Cc1c(-c2cc3cc(F)cc(C4CCN(C(=O)[C@H]5CC[C@H](O)CC5)CC4)c3n2CC2CC2)nn2cc(C(=O)O)ccc12. The van der Waals surface area contributed by atoms with E-state index >= 15 is 4.39 Å². The number of nitrogens with zero attached hydrogens (tertiary/aromatic N) is 4. The van der Waals surface area contributed by atoms with Gasteiger partial charge in [0.2, 0.25) is 5.91 Å². The minimum atomic E-state index is -1.00. The predicted molar refractivity (Wildman–Crippen MR) is 157 cm³/mol. The van der Waals surface area contributed by atoms with Crippen LogP contribution in [0.25, 0.3) is 27.8 Å². The number of fused-ring (bicyclic) bond motifs is 2. The molecule has 4 heterocycles. The molecule has 1 amide bonds. The minimum Gasteiger partial charge on any atom is -0.478 e. The zero-order valence-electron chi connectivity index (χ0n) is 23.9. The van der Waals surface area contributed by atoms with Gasteiger partial charge in [0.05, 0.1) is 28.4 Å². The maximum absolute atomic E-state index is 15.1. The molecular weight excluding hydrogens is 535 g/mol. The Balaban J connectivity index is 1.24. The fourth-order valence-corrected chi connectivity index (χ4v) is 7.20. The highest BCUT2D eigenvalue weighted by atomic mass is 19.1. The number of amides is 1. The van der Waals surface area contributed by atoms with Crippen LogP contribution >= 0.6 is 0 Å². The Bertz CT molecular complexity index is 1690. The van der Waals surface area contributed by atoms with Crippen molar-refractivity contribution >= 4 is 28.3 Å². The highest BCUT2D eigenvalue weighted by Crippen LogP contribution is 2.42. The lowest BCUT2D eigenvalue weighted by molar-refractivity contribution is -0.138. The number of piperidine rings is 1. The van der Waals surface area contributed by atoms with Crippen LogP contribution in [0.2, 0.25) is 0 Å². The van der Waals surface area contributed by atoms with E-state index in [0.29, 0.717) is 31.8 Å². The van der Waals surface area contributed by atoms with Crippen molar-refractivity contribution in [3.63, 3.8) is 0 Å². The van der Waals surface area contributed by atoms with Crippen LogP contribution in [0.15, 0.2) is 36.5 Å². The molecule has 2 N–H and O–H groups in total. The first-order valence-corrected chi connectivity index (χ1v) is 15.3. The molecule has 0 unspecified atom stereocenters. The Morgan fingerprint density at radius 1 is 1.00 bits per heavy atom. The number of hydrogen-bond acceptors (Lipinski definition) is 4. The van der Waals surface area contributed by atoms with Gasteiger partial charge >= 0.3 is 5.97 Å². The molecule has 3 fully saturated rings. The van der Waals surface area contributed by atoms with Gasteiger partial charge in [-0.15, -0.1) is 0 Å². The van der Waals surface area contributed by atoms with Crippen molar-refractivity contribution in [2.45, 2.75) is 76.9 Å². The summed E-state index contributed by atoms with van der Waals surface area (Å²) in [6.45, 7) is 4.15. The van der Waals surface area contributed by atoms with E-state index in [-0.39, 0.29) is 35.2 Å². The molecule has 1 aliphatic heterocycles. The van der Waals surface area contributed by atoms with Gasteiger partial charge in [0.1, 0.15) is 11.5 Å². The first kappa shape index (κ1) is 27.1. The van der Waals surface area contributed by atoms with Crippen molar-refractivity contribution in [3.8, 4) is 11.4 Å². The molecule has 4 aromatic rings. The number of carbonyl (C=O) groups is 2. The molecule has 42 heavy (non-hydrogen) atoms. The monoisotopic (exact) mass is 572 g/mol. The number of hydrogen-bond donors (Lipinski definition) is 2. The molecule has 2 saturated carbocycles. The lowest BCUT2D eigenvalue weighted by Gasteiger charge is -2.36. The average Bonchev–Trinajstić information content (AvgIpc) is 3.66. The van der Waals surface area contributed by atoms with E-state index in [1.165, 1.54) is 19.0 Å². The molecule has 220 valence electrons. The second-order valence-corrected chi connectivity index (χ2v) is 12.6. The Labute approximate surface area is 243 Å². The molecule has 7 rings (SSSR count). The molecule has 0 spiro atoms. The van der Waals surface area contributed by atoms with Crippen molar-refractivity contribution in [2.24, 2.45) is 11.8 Å². The van der Waals surface area contributed by atoms with Gasteiger partial charge in [-0.2, -0.15) is 5.10 Å². The Morgan fingerprint density at radius 3 is 2.43 bits per heavy atom. The summed E-state index contributed by atoms with van der Waals surface area (Å²) in [7, 11) is 0. The van der Waals surface area contributed by atoms with Gasteiger partial charge in [-0.3, -0.25) is 4.79 Å². The van der Waals surface area contributed by atoms with E-state index in [1.807, 2.05) is 17.9 Å². The predicted octanol–water partition coefficient (Wildman–Crippen LogP) is 5.77. The first-order chi connectivity index (χ1) is 20.3. The van der Waals surface area contributed by atoms with E-state index in [2.05, 4.69) is 4.57 Å². The van der Waals surface area contributed by atoms with Crippen LogP contribution < -0.4 is 0 Å². The summed E-state index contributed by atoms with van der Waals surface area (Å²) in [5.74, 6) is -0.338. The molecule has 0 atom stereocenters. The number of carboxylic acids is 1. The van der Waals surface area contributed by atoms with Crippen LogP contribution in [0.5, 0.6) is 0 Å². The molecule has 3 aliphatic rings. The largest absolute Gasteiger partial charge is 0.478 e. The van der Waals surface area contributed by atoms with E-state index in [1.54, 1.807) is 28.8 Å². The Kier molecular flexibility index (Phi) is 6.80. The number of benzene rings is 1. The van der Waals surface area contributed by atoms with E-state index < -0.39 is 5.97 Å². The van der Waals surface area contributed by atoms with Gasteiger partial charge < -0.3 is 19.7 Å². The number of aliphatic hydroxyl groups is 1. The molecule has 0 radical (unpaired) electrons. The molecule has 2 aliphatic carbocycles. The summed E-state index contributed by atoms with van der Waals surface area (Å²) in [5.41, 5.74) is 5.72. The highest BCUT2D eigenvalue weighted by Gasteiger charge is 2.33. The summed E-state index contributed by atoms with van der Waals surface area (Å²) < 4.78 is 19.1. The molecule has 1 saturated heterocycles. The van der Waals surface area contributed by atoms with Crippen molar-refractivity contribution < 1.29 is 24.2 Å². The van der Waals surface area contributed by atoms with Crippen molar-refractivity contribution in [1.29, 1.82) is 0 Å². The second-order valence-electron chi connectivity index (χ2n) is 12.6. The summed E-state index contributed by atoms with van der Waals surface area (Å²) in [6.07, 6.45) is 8.06. The van der Waals surface area contributed by atoms with E-state index in [4.69, 9.17) is 5.10 Å². The maximum Gasteiger partial charge on any atom is 0.337 e. The number of aliphatic hydroxyl groups excluding tert-OH is 1. The Morgan fingerprint density at radius 2 is 1.74 bits per heavy atom. The summed E-state index contributed by atoms with van der Waals surface area (Å²) >= 11 is 0. The molecule has 8 nitrogen and oxygen atoms in total. The number of aromatic nitrogens is 3. The van der Waals surface area contributed by atoms with Gasteiger partial charge in [0, 0.05) is 42.7 Å². The van der Waals surface area contributed by atoms with Crippen LogP contribution in [-0.2, 0) is 11.3 Å². The van der Waals surface area contributed by atoms with Gasteiger partial charge in [0.25, 0.3) is 0 Å². The zero-order valence-corrected chi connectivity index (χ0v) is 23.9. The summed E-state index contributed by atoms with van der Waals surface area (Å²) in [6, 6.07) is 8.72. The standard InChI is InChI=1S/C33H37FN4O4/c1-19-28-9-6-23(33(41)42)18-38(28)35-30(19)29-15-24-14-25(34)16-27(31(24)37(29)17-20-2-3-20)21-10-12-36(13-11-21)32(40)22-4-7-26(39)8-5-22/h6,9,14-16,18,20-22,26,39H,2-5,7-8,10-13,17H2,1H3,(H,41,42)/t22-,26-. The minimum absolute atomic E-state index is 0.00408. The molecule has 3 aromatic heterocycles. The normalized spacial score (nSPS) is 21.8. The number of aromatic carboxylic acids is 1. The fourth-order valence-electron chi connectivity index (χ4n) is 7.20. The van der Waals surface area contributed by atoms with Crippen LogP contribution in [-0.4, -0.2) is 60.4 Å². The lowest BCUT2D eigenvalue weighted by atomic mass is 9.84. The van der Waals surface area contributed by atoms with Crippen molar-refractivity contribution in [1.82, 2.24) is 19.1 Å². The number of carboxylic acid groups (broad SMARTS) is 1. The third kappa shape index (κ3) is 4.87. The number of aryl methyl sites for hydroxylation is 1. The van der Waals surface area contributed by atoms with Gasteiger partial charge in [0.15, 0.2) is 0 Å². The quantitative estimate of drug-likeness (QED) is 0.306. The lowest BCUT2D eigenvalue weighted by Crippen LogP contribution is -2.42. The Hall–Kier alpha value is -3.72. The summed E-state index contributed by atoms with van der Waals surface area (Å²) in [4.78, 5) is 26.8. The maximum atomic E-state index is 15.1. The fraction of sp³-hybridized carbons (Fsp3) is 0.485. The number of rotatable bonds is 6. The molecule has 1 aromatic carbocycles. The number of likely N-dealkylation sites (tertiary alicyclic amines) is 1. The second kappa shape index (κ2) is 10.5. The highest BCUT2D eigenvalue weighted by molar-refractivity contribution is 5.91. The van der Waals surface area contributed by atoms with E-state index in [9.17, 15) is 19.8 Å². The zero-order chi connectivity index (χ0) is 29.1. The first-order valence-electron chi connectivity index (χ1n) is 15.3. The van der Waals surface area contributed by atoms with Crippen molar-refractivity contribution in [2.75, 3.05) is 13.1 Å². The number of pyridine rings is 1. The van der Waals surface area contributed by atoms with Crippen molar-refractivity contribution in [3.05, 3.63) is 59.0 Å². The van der Waals surface area contributed by atoms with Crippen LogP contribution in [0.4, 0.5) is 4.39 Å². The number of carbonyl (C=O) groups excluding carboxylic acids is 1. The molecular formula is C33H37FN4O4. The molecule has 9 heteroatoms.